The van der Waals surface area contributed by atoms with E-state index in [1.165, 1.54) is 4.90 Å². The third kappa shape index (κ3) is 4.04. The van der Waals surface area contributed by atoms with Gasteiger partial charge in [-0.3, -0.25) is 14.6 Å². The smallest absolute Gasteiger partial charge is 0.256 e. The minimum atomic E-state index is -0.873. The fraction of sp³-hybridized carbons (Fsp3) is 0.316. The summed E-state index contributed by atoms with van der Waals surface area (Å²) in [5.74, 6) is -2.42. The molecule has 0 unspecified atom stereocenters. The minimum absolute atomic E-state index is 0.115. The molecule has 1 aromatic heterocycles. The molecule has 0 atom stereocenters. The van der Waals surface area contributed by atoms with E-state index >= 15 is 0 Å². The number of halogens is 2. The van der Waals surface area contributed by atoms with Gasteiger partial charge in [-0.25, -0.2) is 8.78 Å². The number of aryl methyl sites for hydroxylation is 1. The van der Waals surface area contributed by atoms with E-state index in [2.05, 4.69) is 10.3 Å². The van der Waals surface area contributed by atoms with Crippen molar-refractivity contribution in [3.05, 3.63) is 59.4 Å². The lowest BCUT2D eigenvalue weighted by molar-refractivity contribution is -0.121. The van der Waals surface area contributed by atoms with Crippen LogP contribution in [-0.4, -0.2) is 34.8 Å². The van der Waals surface area contributed by atoms with Gasteiger partial charge in [0, 0.05) is 30.8 Å². The predicted octanol–water partition coefficient (Wildman–Crippen LogP) is 3.16. The SMILES string of the molecule is Cc1ccc(NC(=O)C2CCN(C(=O)c3ccc(F)cc3F)CC2)cn1. The number of nitrogens with one attached hydrogen (secondary N) is 1. The normalized spacial score (nSPS) is 15.0. The third-order valence-electron chi connectivity index (χ3n) is 4.49. The van der Waals surface area contributed by atoms with E-state index in [1.807, 2.05) is 13.0 Å². The van der Waals surface area contributed by atoms with E-state index < -0.39 is 17.5 Å². The largest absolute Gasteiger partial charge is 0.339 e. The van der Waals surface area contributed by atoms with E-state index in [1.54, 1.807) is 12.3 Å². The summed E-state index contributed by atoms with van der Waals surface area (Å²) in [6.07, 6.45) is 2.57. The molecular weight excluding hydrogens is 340 g/mol. The Kier molecular flexibility index (Phi) is 5.25. The highest BCUT2D eigenvalue weighted by atomic mass is 19.1. The zero-order chi connectivity index (χ0) is 18.7. The number of amides is 2. The molecule has 5 nitrogen and oxygen atoms in total. The Labute approximate surface area is 150 Å². The summed E-state index contributed by atoms with van der Waals surface area (Å²) in [5, 5.41) is 2.82. The number of pyridine rings is 1. The molecule has 1 aromatic carbocycles. The van der Waals surface area contributed by atoms with Gasteiger partial charge in [0.25, 0.3) is 5.91 Å². The molecule has 1 aliphatic rings. The van der Waals surface area contributed by atoms with Gasteiger partial charge in [-0.2, -0.15) is 0 Å². The van der Waals surface area contributed by atoms with E-state index in [9.17, 15) is 18.4 Å². The van der Waals surface area contributed by atoms with Crippen LogP contribution in [0.5, 0.6) is 0 Å². The molecule has 1 aliphatic heterocycles. The molecule has 3 rings (SSSR count). The monoisotopic (exact) mass is 359 g/mol. The standard InChI is InChI=1S/C19H19F2N3O2/c1-12-2-4-15(11-22-12)23-18(25)13-6-8-24(9-7-13)19(26)16-5-3-14(20)10-17(16)21/h2-5,10-11,13H,6-9H2,1H3,(H,23,25). The first-order valence-corrected chi connectivity index (χ1v) is 8.42. The number of anilines is 1. The Morgan fingerprint density at radius 1 is 1.15 bits per heavy atom. The Balaban J connectivity index is 1.57. The van der Waals surface area contributed by atoms with Crippen LogP contribution in [0.2, 0.25) is 0 Å². The zero-order valence-corrected chi connectivity index (χ0v) is 14.3. The van der Waals surface area contributed by atoms with E-state index in [-0.39, 0.29) is 17.4 Å². The van der Waals surface area contributed by atoms with Crippen LogP contribution in [0, 0.1) is 24.5 Å². The van der Waals surface area contributed by atoms with Crippen LogP contribution in [0.15, 0.2) is 36.5 Å². The highest BCUT2D eigenvalue weighted by Gasteiger charge is 2.29. The van der Waals surface area contributed by atoms with Crippen molar-refractivity contribution in [3.63, 3.8) is 0 Å². The number of aromatic nitrogens is 1. The first kappa shape index (κ1) is 18.0. The minimum Gasteiger partial charge on any atom is -0.339 e. The molecule has 1 fully saturated rings. The summed E-state index contributed by atoms with van der Waals surface area (Å²) in [6, 6.07) is 6.51. The van der Waals surface area contributed by atoms with Gasteiger partial charge in [0.05, 0.1) is 17.4 Å². The number of likely N-dealkylation sites (tertiary alicyclic amines) is 1. The second kappa shape index (κ2) is 7.59. The lowest BCUT2D eigenvalue weighted by atomic mass is 9.95. The fourth-order valence-corrected chi connectivity index (χ4v) is 2.96. The van der Waals surface area contributed by atoms with Gasteiger partial charge >= 0.3 is 0 Å². The van der Waals surface area contributed by atoms with Gasteiger partial charge in [-0.15, -0.1) is 0 Å². The first-order chi connectivity index (χ1) is 12.4. The molecule has 2 amide bonds. The molecule has 2 aromatic rings. The lowest BCUT2D eigenvalue weighted by Gasteiger charge is -2.31. The van der Waals surface area contributed by atoms with Crippen LogP contribution in [0.1, 0.15) is 28.9 Å². The second-order valence-corrected chi connectivity index (χ2v) is 6.37. The van der Waals surface area contributed by atoms with E-state index in [4.69, 9.17) is 0 Å². The van der Waals surface area contributed by atoms with E-state index in [0.29, 0.717) is 37.7 Å². The van der Waals surface area contributed by atoms with Crippen LogP contribution < -0.4 is 5.32 Å². The van der Waals surface area contributed by atoms with Crippen molar-refractivity contribution < 1.29 is 18.4 Å². The average molecular weight is 359 g/mol. The van der Waals surface area contributed by atoms with E-state index in [0.717, 1.165) is 17.8 Å². The van der Waals surface area contributed by atoms with Gasteiger partial charge in [-0.05, 0) is 44.0 Å². The molecule has 136 valence electrons. The summed E-state index contributed by atoms with van der Waals surface area (Å²) in [7, 11) is 0. The summed E-state index contributed by atoms with van der Waals surface area (Å²) >= 11 is 0. The number of hydrogen-bond donors (Lipinski definition) is 1. The molecule has 0 radical (unpaired) electrons. The van der Waals surface area contributed by atoms with Crippen molar-refractivity contribution in [2.45, 2.75) is 19.8 Å². The summed E-state index contributed by atoms with van der Waals surface area (Å²) in [5.41, 5.74) is 1.34. The molecule has 7 heteroatoms. The van der Waals surface area contributed by atoms with Gasteiger partial charge in [0.15, 0.2) is 0 Å². The topological polar surface area (TPSA) is 62.3 Å². The lowest BCUT2D eigenvalue weighted by Crippen LogP contribution is -2.41. The predicted molar refractivity (Wildman–Crippen MR) is 92.6 cm³/mol. The van der Waals surface area contributed by atoms with Crippen LogP contribution in [-0.2, 0) is 4.79 Å². The maximum absolute atomic E-state index is 13.8. The van der Waals surface area contributed by atoms with Crippen LogP contribution in [0.4, 0.5) is 14.5 Å². The number of nitrogens with zero attached hydrogens (tertiary/aromatic N) is 2. The summed E-state index contributed by atoms with van der Waals surface area (Å²) in [4.78, 5) is 30.4. The second-order valence-electron chi connectivity index (χ2n) is 6.37. The maximum atomic E-state index is 13.8. The van der Waals surface area contributed by atoms with Gasteiger partial charge in [0.1, 0.15) is 11.6 Å². The number of rotatable bonds is 3. The quantitative estimate of drug-likeness (QED) is 0.916. The van der Waals surface area contributed by atoms with Gasteiger partial charge in [-0.1, -0.05) is 0 Å². The van der Waals surface area contributed by atoms with Crippen LogP contribution >= 0.6 is 0 Å². The number of piperidine rings is 1. The third-order valence-corrected chi connectivity index (χ3v) is 4.49. The molecule has 0 aliphatic carbocycles. The molecule has 26 heavy (non-hydrogen) atoms. The van der Waals surface area contributed by atoms with Crippen molar-refractivity contribution >= 4 is 17.5 Å². The zero-order valence-electron chi connectivity index (χ0n) is 14.3. The average Bonchev–Trinajstić information content (AvgIpc) is 2.63. The molecule has 2 heterocycles. The molecule has 1 N–H and O–H groups in total. The van der Waals surface area contributed by atoms with Gasteiger partial charge in [0.2, 0.25) is 5.91 Å². The van der Waals surface area contributed by atoms with Crippen LogP contribution in [0.25, 0.3) is 0 Å². The molecule has 1 saturated heterocycles. The fourth-order valence-electron chi connectivity index (χ4n) is 2.96. The summed E-state index contributed by atoms with van der Waals surface area (Å²) in [6.45, 7) is 2.56. The first-order valence-electron chi connectivity index (χ1n) is 8.42. The van der Waals surface area contributed by atoms with Crippen molar-refractivity contribution in [1.82, 2.24) is 9.88 Å². The van der Waals surface area contributed by atoms with Crippen molar-refractivity contribution in [2.24, 2.45) is 5.92 Å². The number of benzene rings is 1. The number of carbonyl (C=O) groups is 2. The molecule has 0 saturated carbocycles. The van der Waals surface area contributed by atoms with Crippen molar-refractivity contribution in [1.29, 1.82) is 0 Å². The Hall–Kier alpha value is -2.83. The Morgan fingerprint density at radius 2 is 1.88 bits per heavy atom. The van der Waals surface area contributed by atoms with Crippen molar-refractivity contribution in [3.8, 4) is 0 Å². The number of carbonyl (C=O) groups excluding carboxylic acids is 2. The van der Waals surface area contributed by atoms with Gasteiger partial charge < -0.3 is 10.2 Å². The van der Waals surface area contributed by atoms with Crippen LogP contribution in [0.3, 0.4) is 0 Å². The highest BCUT2D eigenvalue weighted by Crippen LogP contribution is 2.22. The Morgan fingerprint density at radius 3 is 2.50 bits per heavy atom. The van der Waals surface area contributed by atoms with Crippen molar-refractivity contribution in [2.75, 3.05) is 18.4 Å². The number of hydrogen-bond acceptors (Lipinski definition) is 3. The molecular formula is C19H19F2N3O2. The Bertz CT molecular complexity index is 816. The maximum Gasteiger partial charge on any atom is 0.256 e. The molecule has 0 spiro atoms. The summed E-state index contributed by atoms with van der Waals surface area (Å²) < 4.78 is 26.8. The highest BCUT2D eigenvalue weighted by molar-refractivity contribution is 5.95. The molecule has 0 bridgehead atoms.